The second-order valence-corrected chi connectivity index (χ2v) is 3.56. The highest BCUT2D eigenvalue weighted by Crippen LogP contribution is 1.98. The van der Waals surface area contributed by atoms with Gasteiger partial charge in [0.2, 0.25) is 0 Å². The van der Waals surface area contributed by atoms with Crippen molar-refractivity contribution in [3.05, 3.63) is 29.8 Å². The molecule has 5 heteroatoms. The van der Waals surface area contributed by atoms with Crippen LogP contribution in [0.4, 0.5) is 0 Å². The van der Waals surface area contributed by atoms with Crippen LogP contribution in [0.25, 0.3) is 0 Å². The molecule has 1 aromatic rings. The van der Waals surface area contributed by atoms with Crippen LogP contribution in [-0.4, -0.2) is 33.4 Å². The second kappa shape index (κ2) is 5.66. The fourth-order valence-corrected chi connectivity index (χ4v) is 1.56. The molecule has 0 radical (unpaired) electrons. The molecule has 0 saturated carbocycles. The lowest BCUT2D eigenvalue weighted by Crippen LogP contribution is -2.43. The normalized spacial score (nSPS) is 17.3. The molecular weight excluding hydrogens is 203 g/mol. The molecule has 0 aliphatic carbocycles. The summed E-state index contributed by atoms with van der Waals surface area (Å²) in [6.45, 7) is 2.95. The molecule has 4 nitrogen and oxygen atoms in total. The van der Waals surface area contributed by atoms with Crippen LogP contribution < -0.4 is 10.8 Å². The Morgan fingerprint density at radius 1 is 1.12 bits per heavy atom. The number of hydrogen-bond acceptors (Lipinski definition) is 4. The molecule has 1 fully saturated rings. The van der Waals surface area contributed by atoms with Crippen molar-refractivity contribution in [2.45, 2.75) is 0 Å². The molecule has 16 heavy (non-hydrogen) atoms. The fraction of sp³-hybridized carbons (Fsp3) is 0.364. The molecule has 0 unspecified atom stereocenters. The summed E-state index contributed by atoms with van der Waals surface area (Å²) in [7, 11) is -0.310. The molecule has 2 rings (SSSR count). The molecule has 0 amide bonds. The standard InChI is InChI=1S/C11H13BN2O2/c13-9-10-1-3-11(4-2-10)12-15-7-5-14-6-8-16-12/h1-4,14H,5-8H2. The van der Waals surface area contributed by atoms with Crippen molar-refractivity contribution in [3.63, 3.8) is 0 Å². The Kier molecular flexibility index (Phi) is 3.94. The number of nitrogens with one attached hydrogen (secondary N) is 1. The zero-order valence-electron chi connectivity index (χ0n) is 8.98. The van der Waals surface area contributed by atoms with Crippen LogP contribution in [-0.2, 0) is 9.31 Å². The average Bonchev–Trinajstić information content (AvgIpc) is 2.29. The Morgan fingerprint density at radius 2 is 1.75 bits per heavy atom. The predicted molar refractivity (Wildman–Crippen MR) is 61.3 cm³/mol. The van der Waals surface area contributed by atoms with Gasteiger partial charge in [-0.15, -0.1) is 0 Å². The summed E-state index contributed by atoms with van der Waals surface area (Å²) in [5, 5.41) is 11.9. The fourth-order valence-electron chi connectivity index (χ4n) is 1.56. The first-order valence-corrected chi connectivity index (χ1v) is 5.34. The van der Waals surface area contributed by atoms with E-state index in [-0.39, 0.29) is 7.12 Å². The van der Waals surface area contributed by atoms with E-state index in [4.69, 9.17) is 14.6 Å². The van der Waals surface area contributed by atoms with E-state index in [1.807, 2.05) is 12.1 Å². The number of nitriles is 1. The lowest BCUT2D eigenvalue weighted by atomic mass is 9.78. The summed E-state index contributed by atoms with van der Waals surface area (Å²) >= 11 is 0. The lowest BCUT2D eigenvalue weighted by molar-refractivity contribution is 0.187. The average molecular weight is 216 g/mol. The molecule has 0 bridgehead atoms. The third-order valence-electron chi connectivity index (χ3n) is 2.41. The number of hydrogen-bond donors (Lipinski definition) is 1. The monoisotopic (exact) mass is 216 g/mol. The molecule has 1 saturated heterocycles. The zero-order valence-corrected chi connectivity index (χ0v) is 8.98. The van der Waals surface area contributed by atoms with Crippen molar-refractivity contribution >= 4 is 12.6 Å². The SMILES string of the molecule is N#Cc1ccc(B2OCCNCCO2)cc1. The molecule has 82 valence electrons. The van der Waals surface area contributed by atoms with E-state index in [0.717, 1.165) is 18.6 Å². The van der Waals surface area contributed by atoms with Crippen LogP contribution in [0.3, 0.4) is 0 Å². The van der Waals surface area contributed by atoms with Crippen molar-refractivity contribution in [1.29, 1.82) is 5.26 Å². The third-order valence-corrected chi connectivity index (χ3v) is 2.41. The molecule has 0 atom stereocenters. The first-order valence-electron chi connectivity index (χ1n) is 5.34. The van der Waals surface area contributed by atoms with Crippen LogP contribution in [0, 0.1) is 11.3 Å². The van der Waals surface area contributed by atoms with Gasteiger partial charge in [0.15, 0.2) is 0 Å². The Morgan fingerprint density at radius 3 is 2.31 bits per heavy atom. The van der Waals surface area contributed by atoms with Crippen molar-refractivity contribution in [1.82, 2.24) is 5.32 Å². The maximum Gasteiger partial charge on any atom is 0.493 e. The molecule has 1 aliphatic rings. The minimum atomic E-state index is -0.310. The highest BCUT2D eigenvalue weighted by Gasteiger charge is 2.21. The molecule has 0 spiro atoms. The largest absolute Gasteiger partial charge is 0.493 e. The van der Waals surface area contributed by atoms with Gasteiger partial charge in [-0.05, 0) is 17.6 Å². The summed E-state index contributed by atoms with van der Waals surface area (Å²) in [5.74, 6) is 0. The van der Waals surface area contributed by atoms with Crippen molar-refractivity contribution < 1.29 is 9.31 Å². The van der Waals surface area contributed by atoms with E-state index >= 15 is 0 Å². The predicted octanol–water partition coefficient (Wildman–Crippen LogP) is -0.110. The summed E-state index contributed by atoms with van der Waals surface area (Å²) < 4.78 is 11.1. The number of benzene rings is 1. The highest BCUT2D eigenvalue weighted by molar-refractivity contribution is 6.61. The molecule has 1 N–H and O–H groups in total. The van der Waals surface area contributed by atoms with Gasteiger partial charge in [-0.25, -0.2) is 0 Å². The topological polar surface area (TPSA) is 54.3 Å². The molecule has 0 aromatic heterocycles. The van der Waals surface area contributed by atoms with E-state index in [1.165, 1.54) is 0 Å². The van der Waals surface area contributed by atoms with E-state index < -0.39 is 0 Å². The number of rotatable bonds is 1. The van der Waals surface area contributed by atoms with Gasteiger partial charge in [-0.2, -0.15) is 5.26 Å². The summed E-state index contributed by atoms with van der Waals surface area (Å²) in [6, 6.07) is 9.39. The van der Waals surface area contributed by atoms with E-state index in [9.17, 15) is 0 Å². The van der Waals surface area contributed by atoms with E-state index in [0.29, 0.717) is 18.8 Å². The maximum absolute atomic E-state index is 8.70. The zero-order chi connectivity index (χ0) is 11.2. The van der Waals surface area contributed by atoms with E-state index in [1.54, 1.807) is 12.1 Å². The molecule has 1 heterocycles. The molecule has 1 aromatic carbocycles. The van der Waals surface area contributed by atoms with Gasteiger partial charge in [0, 0.05) is 26.3 Å². The van der Waals surface area contributed by atoms with Gasteiger partial charge >= 0.3 is 7.12 Å². The minimum Gasteiger partial charge on any atom is -0.406 e. The summed E-state index contributed by atoms with van der Waals surface area (Å²) in [6.07, 6.45) is 0. The molecular formula is C11H13BN2O2. The van der Waals surface area contributed by atoms with Crippen LogP contribution in [0.2, 0.25) is 0 Å². The first kappa shape index (κ1) is 11.1. The number of nitrogens with zero attached hydrogens (tertiary/aromatic N) is 1. The van der Waals surface area contributed by atoms with Gasteiger partial charge in [0.05, 0.1) is 11.6 Å². The third kappa shape index (κ3) is 2.83. The van der Waals surface area contributed by atoms with Crippen molar-refractivity contribution in [2.24, 2.45) is 0 Å². The second-order valence-electron chi connectivity index (χ2n) is 3.56. The van der Waals surface area contributed by atoms with Gasteiger partial charge in [0.1, 0.15) is 0 Å². The smallest absolute Gasteiger partial charge is 0.406 e. The van der Waals surface area contributed by atoms with Gasteiger partial charge in [0.25, 0.3) is 0 Å². The summed E-state index contributed by atoms with van der Waals surface area (Å²) in [4.78, 5) is 0. The van der Waals surface area contributed by atoms with Crippen LogP contribution >= 0.6 is 0 Å². The Labute approximate surface area is 95.3 Å². The Bertz CT molecular complexity index is 367. The first-order chi connectivity index (χ1) is 7.90. The molecule has 1 aliphatic heterocycles. The van der Waals surface area contributed by atoms with E-state index in [2.05, 4.69) is 11.4 Å². The van der Waals surface area contributed by atoms with Gasteiger partial charge in [-0.3, -0.25) is 0 Å². The van der Waals surface area contributed by atoms with Crippen LogP contribution in [0.15, 0.2) is 24.3 Å². The van der Waals surface area contributed by atoms with Gasteiger partial charge < -0.3 is 14.6 Å². The van der Waals surface area contributed by atoms with Crippen LogP contribution in [0.1, 0.15) is 5.56 Å². The van der Waals surface area contributed by atoms with Crippen molar-refractivity contribution in [2.75, 3.05) is 26.3 Å². The maximum atomic E-state index is 8.70. The van der Waals surface area contributed by atoms with Crippen molar-refractivity contribution in [3.8, 4) is 6.07 Å². The Balaban J connectivity index is 2.06. The highest BCUT2D eigenvalue weighted by atomic mass is 16.6. The Hall–Kier alpha value is -1.35. The van der Waals surface area contributed by atoms with Crippen LogP contribution in [0.5, 0.6) is 0 Å². The lowest BCUT2D eigenvalue weighted by Gasteiger charge is -2.18. The van der Waals surface area contributed by atoms with Gasteiger partial charge in [-0.1, -0.05) is 12.1 Å². The summed E-state index contributed by atoms with van der Waals surface area (Å²) in [5.41, 5.74) is 1.61. The minimum absolute atomic E-state index is 0.310. The quantitative estimate of drug-likeness (QED) is 0.665.